The SMILES string of the molecule is CC1(C)O[C@H]2O[C@](C3COCCOCCN(Cc4ccco4)CCOCCO3)([C@H](O)CO)[C@@H](OCc3ccccc3)[C@H]2O1. The lowest BCUT2D eigenvalue weighted by atomic mass is 9.83. The summed E-state index contributed by atoms with van der Waals surface area (Å²) in [4.78, 5) is 2.21. The average Bonchev–Trinajstić information content (AvgIpc) is 3.69. The molecular formula is C31H45NO11. The summed E-state index contributed by atoms with van der Waals surface area (Å²) in [5, 5.41) is 21.7. The maximum absolute atomic E-state index is 11.4. The van der Waals surface area contributed by atoms with Crippen LogP contribution in [0.15, 0.2) is 53.1 Å². The van der Waals surface area contributed by atoms with E-state index in [2.05, 4.69) is 4.90 Å². The summed E-state index contributed by atoms with van der Waals surface area (Å²) in [7, 11) is 0. The molecule has 2 N–H and O–H groups in total. The molecule has 4 heterocycles. The number of hydrogen-bond acceptors (Lipinski definition) is 12. The number of nitrogens with zero attached hydrogens (tertiary/aromatic N) is 1. The third-order valence-corrected chi connectivity index (χ3v) is 7.87. The van der Waals surface area contributed by atoms with Crippen LogP contribution in [0.1, 0.15) is 25.2 Å². The van der Waals surface area contributed by atoms with Crippen LogP contribution in [0.25, 0.3) is 0 Å². The number of hydrogen-bond donors (Lipinski definition) is 2. The van der Waals surface area contributed by atoms with E-state index >= 15 is 0 Å². The van der Waals surface area contributed by atoms with E-state index in [1.807, 2.05) is 42.5 Å². The lowest BCUT2D eigenvalue weighted by Gasteiger charge is -2.44. The maximum Gasteiger partial charge on any atom is 0.190 e. The van der Waals surface area contributed by atoms with Crippen LogP contribution < -0.4 is 0 Å². The average molecular weight is 608 g/mol. The van der Waals surface area contributed by atoms with Gasteiger partial charge in [0.25, 0.3) is 0 Å². The van der Waals surface area contributed by atoms with Crippen molar-refractivity contribution in [2.75, 3.05) is 65.9 Å². The summed E-state index contributed by atoms with van der Waals surface area (Å²) >= 11 is 0. The zero-order valence-electron chi connectivity index (χ0n) is 25.0. The summed E-state index contributed by atoms with van der Waals surface area (Å²) in [6.45, 7) is 7.46. The Morgan fingerprint density at radius 2 is 1.65 bits per heavy atom. The van der Waals surface area contributed by atoms with Crippen molar-refractivity contribution in [3.8, 4) is 0 Å². The van der Waals surface area contributed by atoms with Crippen molar-refractivity contribution in [1.82, 2.24) is 4.90 Å². The number of fused-ring (bicyclic) bond motifs is 1. The molecule has 240 valence electrons. The highest BCUT2D eigenvalue weighted by Crippen LogP contribution is 2.47. The smallest absolute Gasteiger partial charge is 0.190 e. The first-order valence-electron chi connectivity index (χ1n) is 15.0. The fraction of sp³-hybridized carbons (Fsp3) is 0.677. The summed E-state index contributed by atoms with van der Waals surface area (Å²) in [5.74, 6) is -0.0447. The Bertz CT molecular complexity index is 1070. The van der Waals surface area contributed by atoms with Crippen molar-refractivity contribution < 1.29 is 52.5 Å². The minimum absolute atomic E-state index is 0.0407. The second-order valence-corrected chi connectivity index (χ2v) is 11.4. The van der Waals surface area contributed by atoms with Gasteiger partial charge in [0.2, 0.25) is 0 Å². The number of rotatable bonds is 8. The fourth-order valence-electron chi connectivity index (χ4n) is 5.80. The summed E-state index contributed by atoms with van der Waals surface area (Å²) in [6.07, 6.45) is -2.97. The van der Waals surface area contributed by atoms with E-state index < -0.39 is 48.7 Å². The van der Waals surface area contributed by atoms with Gasteiger partial charge in [0, 0.05) is 13.1 Å². The van der Waals surface area contributed by atoms with E-state index in [-0.39, 0.29) is 19.8 Å². The van der Waals surface area contributed by atoms with Crippen LogP contribution in [0.2, 0.25) is 0 Å². The Labute approximate surface area is 252 Å². The Morgan fingerprint density at radius 1 is 0.907 bits per heavy atom. The van der Waals surface area contributed by atoms with Crippen molar-refractivity contribution in [2.24, 2.45) is 0 Å². The molecule has 0 radical (unpaired) electrons. The van der Waals surface area contributed by atoms with Crippen molar-refractivity contribution in [3.05, 3.63) is 60.1 Å². The Kier molecular flexibility index (Phi) is 11.6. The summed E-state index contributed by atoms with van der Waals surface area (Å²) in [5.41, 5.74) is -0.633. The molecule has 3 aliphatic rings. The molecule has 0 spiro atoms. The van der Waals surface area contributed by atoms with E-state index in [9.17, 15) is 10.2 Å². The molecule has 1 aromatic carbocycles. The van der Waals surface area contributed by atoms with Crippen LogP contribution in [-0.4, -0.2) is 123 Å². The van der Waals surface area contributed by atoms with Gasteiger partial charge in [-0.3, -0.25) is 4.90 Å². The minimum atomic E-state index is -1.57. The zero-order chi connectivity index (χ0) is 30.1. The van der Waals surface area contributed by atoms with Crippen LogP contribution >= 0.6 is 0 Å². The van der Waals surface area contributed by atoms with Crippen molar-refractivity contribution >= 4 is 0 Å². The molecule has 3 fully saturated rings. The molecule has 1 unspecified atom stereocenters. The van der Waals surface area contributed by atoms with Crippen LogP contribution in [0.5, 0.6) is 0 Å². The molecule has 2 aromatic rings. The first-order chi connectivity index (χ1) is 20.9. The molecule has 1 aromatic heterocycles. The maximum atomic E-state index is 11.4. The monoisotopic (exact) mass is 607 g/mol. The van der Waals surface area contributed by atoms with Gasteiger partial charge in [0.1, 0.15) is 30.2 Å². The Morgan fingerprint density at radius 3 is 2.37 bits per heavy atom. The third kappa shape index (κ3) is 8.21. The van der Waals surface area contributed by atoms with Crippen molar-refractivity contribution in [2.45, 2.75) is 69.1 Å². The topological polar surface area (TPSA) is 131 Å². The highest BCUT2D eigenvalue weighted by atomic mass is 16.9. The zero-order valence-corrected chi connectivity index (χ0v) is 25.0. The van der Waals surface area contributed by atoms with E-state index in [1.165, 1.54) is 0 Å². The molecule has 0 aliphatic carbocycles. The Balaban J connectivity index is 1.31. The van der Waals surface area contributed by atoms with Gasteiger partial charge in [-0.05, 0) is 31.5 Å². The molecule has 3 saturated heterocycles. The quantitative estimate of drug-likeness (QED) is 0.453. The van der Waals surface area contributed by atoms with E-state index in [0.717, 1.165) is 11.3 Å². The van der Waals surface area contributed by atoms with Gasteiger partial charge in [-0.25, -0.2) is 0 Å². The molecule has 43 heavy (non-hydrogen) atoms. The van der Waals surface area contributed by atoms with Crippen LogP contribution in [-0.2, 0) is 51.0 Å². The highest BCUT2D eigenvalue weighted by Gasteiger charge is 2.68. The summed E-state index contributed by atoms with van der Waals surface area (Å²) < 4.78 is 54.8. The minimum Gasteiger partial charge on any atom is -0.468 e. The molecule has 0 bridgehead atoms. The second-order valence-electron chi connectivity index (χ2n) is 11.4. The van der Waals surface area contributed by atoms with Crippen LogP contribution in [0, 0.1) is 0 Å². The number of aliphatic hydroxyl groups is 2. The number of benzene rings is 1. The van der Waals surface area contributed by atoms with E-state index in [1.54, 1.807) is 20.1 Å². The number of furan rings is 1. The van der Waals surface area contributed by atoms with Gasteiger partial charge in [0.15, 0.2) is 17.7 Å². The van der Waals surface area contributed by atoms with E-state index in [0.29, 0.717) is 52.7 Å². The van der Waals surface area contributed by atoms with E-state index in [4.69, 9.17) is 42.3 Å². The van der Waals surface area contributed by atoms with Crippen molar-refractivity contribution in [1.29, 1.82) is 0 Å². The predicted molar refractivity (Wildman–Crippen MR) is 152 cm³/mol. The standard InChI is InChI=1S/C31H45NO11/c1-30(2)41-27-28(40-21-23-7-4-3-5-8-23)31(25(34)20-33,43-29(27)42-30)26-22-37-16-15-35-13-10-32(11-14-36-17-18-39-26)19-24-9-6-12-38-24/h3-9,12,25-29,33-34H,10-11,13-22H2,1-2H3/t25-,26?,27-,28+,29+,31+/m1/s1. The van der Waals surface area contributed by atoms with Crippen molar-refractivity contribution in [3.63, 3.8) is 0 Å². The molecular weight excluding hydrogens is 562 g/mol. The molecule has 0 amide bonds. The molecule has 12 heteroatoms. The molecule has 0 saturated carbocycles. The largest absolute Gasteiger partial charge is 0.468 e. The molecule has 12 nitrogen and oxygen atoms in total. The highest BCUT2D eigenvalue weighted by molar-refractivity contribution is 5.16. The van der Waals surface area contributed by atoms with Gasteiger partial charge in [-0.15, -0.1) is 0 Å². The molecule has 5 rings (SSSR count). The third-order valence-electron chi connectivity index (χ3n) is 7.87. The number of aliphatic hydroxyl groups excluding tert-OH is 2. The van der Waals surface area contributed by atoms with Crippen LogP contribution in [0.3, 0.4) is 0 Å². The summed E-state index contributed by atoms with van der Waals surface area (Å²) in [6, 6.07) is 13.5. The predicted octanol–water partition coefficient (Wildman–Crippen LogP) is 1.72. The lowest BCUT2D eigenvalue weighted by Crippen LogP contribution is -2.64. The first kappa shape index (κ1) is 32.5. The van der Waals surface area contributed by atoms with Gasteiger partial charge >= 0.3 is 0 Å². The van der Waals surface area contributed by atoms with Gasteiger partial charge in [0.05, 0.1) is 72.3 Å². The first-order valence-corrected chi connectivity index (χ1v) is 15.0. The van der Waals surface area contributed by atoms with Gasteiger partial charge in [-0.1, -0.05) is 30.3 Å². The van der Waals surface area contributed by atoms with Crippen LogP contribution in [0.4, 0.5) is 0 Å². The molecule has 3 aliphatic heterocycles. The molecule has 6 atom stereocenters. The number of ether oxygens (including phenoxy) is 8. The second kappa shape index (κ2) is 15.4. The lowest BCUT2D eigenvalue weighted by molar-refractivity contribution is -0.298. The normalized spacial score (nSPS) is 32.1. The van der Waals surface area contributed by atoms with Gasteiger partial charge in [-0.2, -0.15) is 0 Å². The van der Waals surface area contributed by atoms with Gasteiger partial charge < -0.3 is 52.5 Å². The fourth-order valence-corrected chi connectivity index (χ4v) is 5.80. The Hall–Kier alpha value is -1.94.